The van der Waals surface area contributed by atoms with E-state index in [4.69, 9.17) is 10.5 Å². The summed E-state index contributed by atoms with van der Waals surface area (Å²) in [6.45, 7) is 0.140. The Labute approximate surface area is 90.0 Å². The second kappa shape index (κ2) is 6.36. The molecule has 0 aromatic rings. The lowest BCUT2D eigenvalue weighted by atomic mass is 10.3. The van der Waals surface area contributed by atoms with Crippen LogP contribution in [0.2, 0.25) is 0 Å². The maximum Gasteiger partial charge on any atom is 0.253 e. The van der Waals surface area contributed by atoms with Gasteiger partial charge in [-0.1, -0.05) is 0 Å². The van der Waals surface area contributed by atoms with Gasteiger partial charge in [0.2, 0.25) is 5.91 Å². The molecule has 1 atom stereocenters. The minimum atomic E-state index is -0.676. The van der Waals surface area contributed by atoms with Crippen LogP contribution >= 0.6 is 0 Å². The van der Waals surface area contributed by atoms with Crippen LogP contribution in [0.15, 0.2) is 0 Å². The standard InChI is InChI=1S/C9H19N3O3/c1-11(2)8(13)6-12(3)9(14)7(5-10)15-4/h7H,5-6,10H2,1-4H3. The van der Waals surface area contributed by atoms with Crippen molar-refractivity contribution in [3.8, 4) is 0 Å². The van der Waals surface area contributed by atoms with Gasteiger partial charge in [-0.25, -0.2) is 0 Å². The summed E-state index contributed by atoms with van der Waals surface area (Å²) in [4.78, 5) is 25.7. The summed E-state index contributed by atoms with van der Waals surface area (Å²) < 4.78 is 4.88. The number of hydrogen-bond acceptors (Lipinski definition) is 4. The molecule has 0 fully saturated rings. The highest BCUT2D eigenvalue weighted by atomic mass is 16.5. The van der Waals surface area contributed by atoms with Crippen LogP contribution in [0, 0.1) is 0 Å². The third-order valence-electron chi connectivity index (χ3n) is 2.02. The molecule has 0 radical (unpaired) electrons. The third-order valence-corrected chi connectivity index (χ3v) is 2.02. The molecule has 1 unspecified atom stereocenters. The van der Waals surface area contributed by atoms with Crippen LogP contribution < -0.4 is 5.73 Å². The van der Waals surface area contributed by atoms with Gasteiger partial charge in [0.15, 0.2) is 0 Å². The number of carbonyl (C=O) groups excluding carboxylic acids is 2. The van der Waals surface area contributed by atoms with Crippen molar-refractivity contribution in [1.82, 2.24) is 9.80 Å². The van der Waals surface area contributed by atoms with E-state index in [9.17, 15) is 9.59 Å². The average Bonchev–Trinajstić information content (AvgIpc) is 2.19. The summed E-state index contributed by atoms with van der Waals surface area (Å²) in [7, 11) is 6.23. The van der Waals surface area contributed by atoms with Crippen molar-refractivity contribution in [2.45, 2.75) is 6.10 Å². The van der Waals surface area contributed by atoms with Gasteiger partial charge in [0.1, 0.15) is 6.10 Å². The van der Waals surface area contributed by atoms with E-state index in [1.165, 1.54) is 16.9 Å². The lowest BCUT2D eigenvalue weighted by Gasteiger charge is -2.22. The van der Waals surface area contributed by atoms with Crippen molar-refractivity contribution in [1.29, 1.82) is 0 Å². The maximum absolute atomic E-state index is 11.6. The van der Waals surface area contributed by atoms with Gasteiger partial charge < -0.3 is 20.3 Å². The van der Waals surface area contributed by atoms with Crippen LogP contribution in [-0.4, -0.2) is 69.1 Å². The molecule has 0 rings (SSSR count). The number of ether oxygens (including phenoxy) is 1. The Bertz CT molecular complexity index is 227. The molecule has 6 heteroatoms. The number of likely N-dealkylation sites (N-methyl/N-ethyl adjacent to an activating group) is 2. The molecule has 0 aliphatic rings. The van der Waals surface area contributed by atoms with Crippen LogP contribution in [0.3, 0.4) is 0 Å². The van der Waals surface area contributed by atoms with Gasteiger partial charge in [-0.15, -0.1) is 0 Å². The highest BCUT2D eigenvalue weighted by Gasteiger charge is 2.22. The molecular weight excluding hydrogens is 198 g/mol. The van der Waals surface area contributed by atoms with E-state index < -0.39 is 6.10 Å². The second-order valence-corrected chi connectivity index (χ2v) is 3.44. The minimum Gasteiger partial charge on any atom is -0.370 e. The number of nitrogens with two attached hydrogens (primary N) is 1. The van der Waals surface area contributed by atoms with Crippen LogP contribution in [0.1, 0.15) is 0 Å². The van der Waals surface area contributed by atoms with E-state index in [1.54, 1.807) is 21.1 Å². The van der Waals surface area contributed by atoms with Crippen molar-refractivity contribution in [3.63, 3.8) is 0 Å². The monoisotopic (exact) mass is 217 g/mol. The highest BCUT2D eigenvalue weighted by Crippen LogP contribution is 1.96. The molecule has 2 amide bonds. The topological polar surface area (TPSA) is 75.9 Å². The van der Waals surface area contributed by atoms with E-state index >= 15 is 0 Å². The summed E-state index contributed by atoms with van der Waals surface area (Å²) >= 11 is 0. The number of amides is 2. The van der Waals surface area contributed by atoms with E-state index in [-0.39, 0.29) is 24.9 Å². The largest absolute Gasteiger partial charge is 0.370 e. The Kier molecular flexibility index (Phi) is 5.88. The molecule has 15 heavy (non-hydrogen) atoms. The Hall–Kier alpha value is -1.14. The fourth-order valence-corrected chi connectivity index (χ4v) is 0.966. The summed E-state index contributed by atoms with van der Waals surface area (Å²) in [5.41, 5.74) is 5.34. The van der Waals surface area contributed by atoms with Gasteiger partial charge in [0, 0.05) is 34.8 Å². The van der Waals surface area contributed by atoms with Crippen LogP contribution in [0.25, 0.3) is 0 Å². The maximum atomic E-state index is 11.6. The van der Waals surface area contributed by atoms with Gasteiger partial charge in [-0.3, -0.25) is 9.59 Å². The van der Waals surface area contributed by atoms with Crippen LogP contribution in [-0.2, 0) is 14.3 Å². The molecule has 0 bridgehead atoms. The molecule has 0 aromatic carbocycles. The second-order valence-electron chi connectivity index (χ2n) is 3.44. The first-order chi connectivity index (χ1) is 6.93. The Morgan fingerprint density at radius 2 is 1.87 bits per heavy atom. The van der Waals surface area contributed by atoms with Crippen LogP contribution in [0.4, 0.5) is 0 Å². The summed E-state index contributed by atoms with van der Waals surface area (Å²) in [5, 5.41) is 0. The number of rotatable bonds is 5. The quantitative estimate of drug-likeness (QED) is 0.608. The number of nitrogens with zero attached hydrogens (tertiary/aromatic N) is 2. The van der Waals surface area contributed by atoms with Gasteiger partial charge in [-0.2, -0.15) is 0 Å². The fourth-order valence-electron chi connectivity index (χ4n) is 0.966. The van der Waals surface area contributed by atoms with Crippen molar-refractivity contribution in [3.05, 3.63) is 0 Å². The Morgan fingerprint density at radius 1 is 1.33 bits per heavy atom. The molecule has 0 aliphatic heterocycles. The molecule has 0 spiro atoms. The molecule has 0 aromatic heterocycles. The average molecular weight is 217 g/mol. The zero-order chi connectivity index (χ0) is 12.0. The third kappa shape index (κ3) is 4.26. The molecule has 2 N–H and O–H groups in total. The lowest BCUT2D eigenvalue weighted by Crippen LogP contribution is -2.45. The summed E-state index contributed by atoms with van der Waals surface area (Å²) in [6, 6.07) is 0. The molecule has 6 nitrogen and oxygen atoms in total. The Balaban J connectivity index is 4.26. The zero-order valence-electron chi connectivity index (χ0n) is 9.69. The van der Waals surface area contributed by atoms with Gasteiger partial charge in [-0.05, 0) is 0 Å². The molecule has 0 aliphatic carbocycles. The lowest BCUT2D eigenvalue weighted by molar-refractivity contribution is -0.144. The Morgan fingerprint density at radius 3 is 2.20 bits per heavy atom. The van der Waals surface area contributed by atoms with Crippen molar-refractivity contribution in [2.24, 2.45) is 5.73 Å². The molecule has 0 saturated heterocycles. The first-order valence-corrected chi connectivity index (χ1v) is 4.62. The molecule has 88 valence electrons. The molecular formula is C9H19N3O3. The smallest absolute Gasteiger partial charge is 0.253 e. The van der Waals surface area contributed by atoms with Crippen LogP contribution in [0.5, 0.6) is 0 Å². The first kappa shape index (κ1) is 13.9. The number of hydrogen-bond donors (Lipinski definition) is 1. The van der Waals surface area contributed by atoms with Crippen molar-refractivity contribution >= 4 is 11.8 Å². The SMILES string of the molecule is COC(CN)C(=O)N(C)CC(=O)N(C)C. The highest BCUT2D eigenvalue weighted by molar-refractivity contribution is 5.86. The van der Waals surface area contributed by atoms with Gasteiger partial charge in [0.05, 0.1) is 6.54 Å². The van der Waals surface area contributed by atoms with Gasteiger partial charge >= 0.3 is 0 Å². The van der Waals surface area contributed by atoms with E-state index in [2.05, 4.69) is 0 Å². The minimum absolute atomic E-state index is 0.0334. The van der Waals surface area contributed by atoms with Crippen molar-refractivity contribution < 1.29 is 14.3 Å². The summed E-state index contributed by atoms with van der Waals surface area (Å²) in [5.74, 6) is -0.423. The predicted molar refractivity (Wildman–Crippen MR) is 56.2 cm³/mol. The summed E-state index contributed by atoms with van der Waals surface area (Å²) in [6.07, 6.45) is -0.676. The molecule has 0 heterocycles. The zero-order valence-corrected chi connectivity index (χ0v) is 9.69. The number of carbonyl (C=O) groups is 2. The first-order valence-electron chi connectivity index (χ1n) is 4.62. The fraction of sp³-hybridized carbons (Fsp3) is 0.778. The van der Waals surface area contributed by atoms with Gasteiger partial charge in [0.25, 0.3) is 5.91 Å². The normalized spacial score (nSPS) is 12.1. The van der Waals surface area contributed by atoms with E-state index in [1.807, 2.05) is 0 Å². The van der Waals surface area contributed by atoms with E-state index in [0.29, 0.717) is 0 Å². The predicted octanol–water partition coefficient (Wildman–Crippen LogP) is -1.49. The number of methoxy groups -OCH3 is 1. The molecule has 0 saturated carbocycles. The van der Waals surface area contributed by atoms with E-state index in [0.717, 1.165) is 0 Å². The van der Waals surface area contributed by atoms with Crippen molar-refractivity contribution in [2.75, 3.05) is 41.3 Å².